The molecule has 5 nitrogen and oxygen atoms in total. The molecule has 2 atom stereocenters. The molecule has 21 heavy (non-hydrogen) atoms. The zero-order chi connectivity index (χ0) is 15.5. The zero-order valence-corrected chi connectivity index (χ0v) is 12.6. The fourth-order valence-corrected chi connectivity index (χ4v) is 2.15. The van der Waals surface area contributed by atoms with Crippen molar-refractivity contribution in [3.8, 4) is 0 Å². The van der Waals surface area contributed by atoms with Crippen molar-refractivity contribution in [1.29, 1.82) is 0 Å². The number of carbonyl (C=O) groups excluding carboxylic acids is 2. The first-order valence-corrected chi connectivity index (χ1v) is 7.06. The third-order valence-corrected chi connectivity index (χ3v) is 3.10. The van der Waals surface area contributed by atoms with Gasteiger partial charge in [-0.05, 0) is 32.8 Å². The van der Waals surface area contributed by atoms with Crippen molar-refractivity contribution >= 4 is 12.1 Å². The van der Waals surface area contributed by atoms with Gasteiger partial charge in [-0.25, -0.2) is 4.79 Å². The maximum absolute atomic E-state index is 11.9. The average Bonchev–Trinajstić information content (AvgIpc) is 2.33. The molecule has 1 aliphatic heterocycles. The molecule has 0 saturated carbocycles. The number of carbonyl (C=O) groups is 2. The molecule has 0 spiro atoms. The van der Waals surface area contributed by atoms with Crippen molar-refractivity contribution in [2.45, 2.75) is 51.4 Å². The number of hydrogen-bond acceptors (Lipinski definition) is 4. The summed E-state index contributed by atoms with van der Waals surface area (Å²) < 4.78 is 10.4. The number of amides is 1. The van der Waals surface area contributed by atoms with Crippen LogP contribution in [-0.4, -0.2) is 29.8 Å². The lowest BCUT2D eigenvalue weighted by Crippen LogP contribution is -2.53. The Kier molecular flexibility index (Phi) is 4.50. The molecule has 0 radical (unpaired) electrons. The summed E-state index contributed by atoms with van der Waals surface area (Å²) in [7, 11) is 0. The molecule has 0 aromatic heterocycles. The third kappa shape index (κ3) is 4.77. The molecule has 2 rings (SSSR count). The van der Waals surface area contributed by atoms with Gasteiger partial charge in [0, 0.05) is 0 Å². The molecule has 1 fully saturated rings. The second kappa shape index (κ2) is 6.16. The first kappa shape index (κ1) is 15.4. The van der Waals surface area contributed by atoms with Crippen molar-refractivity contribution in [3.05, 3.63) is 35.9 Å². The smallest absolute Gasteiger partial charge is 0.408 e. The van der Waals surface area contributed by atoms with Crippen molar-refractivity contribution < 1.29 is 19.1 Å². The molecule has 1 N–H and O–H groups in total. The minimum Gasteiger partial charge on any atom is -0.459 e. The molecule has 1 aromatic carbocycles. The minimum atomic E-state index is -0.558. The normalized spacial score (nSPS) is 19.2. The summed E-state index contributed by atoms with van der Waals surface area (Å²) in [4.78, 5) is 22.9. The molecule has 0 bridgehead atoms. The Morgan fingerprint density at radius 3 is 2.52 bits per heavy atom. The van der Waals surface area contributed by atoms with Gasteiger partial charge in [-0.3, -0.25) is 4.79 Å². The third-order valence-electron chi connectivity index (χ3n) is 3.10. The molecule has 1 aliphatic rings. The molecule has 114 valence electrons. The van der Waals surface area contributed by atoms with Crippen LogP contribution in [0.5, 0.6) is 0 Å². The highest BCUT2D eigenvalue weighted by atomic mass is 16.6. The average molecular weight is 291 g/mol. The van der Waals surface area contributed by atoms with Crippen LogP contribution in [0.15, 0.2) is 30.3 Å². The Morgan fingerprint density at radius 1 is 1.38 bits per heavy atom. The van der Waals surface area contributed by atoms with Gasteiger partial charge in [-0.15, -0.1) is 0 Å². The monoisotopic (exact) mass is 291 g/mol. The highest BCUT2D eigenvalue weighted by Crippen LogP contribution is 2.20. The van der Waals surface area contributed by atoms with E-state index in [9.17, 15) is 9.59 Å². The first-order valence-electron chi connectivity index (χ1n) is 7.06. The van der Waals surface area contributed by atoms with Crippen LogP contribution in [0, 0.1) is 0 Å². The van der Waals surface area contributed by atoms with Gasteiger partial charge in [0.2, 0.25) is 0 Å². The van der Waals surface area contributed by atoms with Crippen LogP contribution in [0.4, 0.5) is 4.79 Å². The first-order chi connectivity index (χ1) is 9.83. The van der Waals surface area contributed by atoms with E-state index in [2.05, 4.69) is 5.32 Å². The van der Waals surface area contributed by atoms with Gasteiger partial charge in [0.1, 0.15) is 11.7 Å². The number of nitrogens with one attached hydrogen (secondary N) is 1. The second-order valence-electron chi connectivity index (χ2n) is 6.17. The van der Waals surface area contributed by atoms with Crippen LogP contribution in [-0.2, 0) is 20.7 Å². The number of rotatable bonds is 4. The Bertz CT molecular complexity index is 499. The summed E-state index contributed by atoms with van der Waals surface area (Å²) in [6.07, 6.45) is 0.141. The van der Waals surface area contributed by atoms with Crippen molar-refractivity contribution in [1.82, 2.24) is 5.32 Å². The SMILES string of the molecule is CC(C)(C)OC(=O)N[C@@H](Cc1ccccc1)[C@@H]1CC(=O)O1. The topological polar surface area (TPSA) is 64.6 Å². The van der Waals surface area contributed by atoms with E-state index in [1.165, 1.54) is 0 Å². The van der Waals surface area contributed by atoms with E-state index in [4.69, 9.17) is 9.47 Å². The van der Waals surface area contributed by atoms with Crippen molar-refractivity contribution in [3.63, 3.8) is 0 Å². The highest BCUT2D eigenvalue weighted by molar-refractivity contribution is 5.76. The molecule has 1 aromatic rings. The number of ether oxygens (including phenoxy) is 2. The fourth-order valence-electron chi connectivity index (χ4n) is 2.15. The predicted octanol–water partition coefficient (Wildman–Crippen LogP) is 2.44. The van der Waals surface area contributed by atoms with Gasteiger partial charge >= 0.3 is 12.1 Å². The molecular formula is C16H21NO4. The molecular weight excluding hydrogens is 270 g/mol. The van der Waals surface area contributed by atoms with Gasteiger partial charge in [-0.1, -0.05) is 30.3 Å². The molecule has 0 unspecified atom stereocenters. The van der Waals surface area contributed by atoms with Crippen LogP contribution < -0.4 is 5.32 Å². The highest BCUT2D eigenvalue weighted by Gasteiger charge is 2.37. The van der Waals surface area contributed by atoms with E-state index in [1.807, 2.05) is 51.1 Å². The number of benzene rings is 1. The number of cyclic esters (lactones) is 1. The number of hydrogen-bond donors (Lipinski definition) is 1. The maximum Gasteiger partial charge on any atom is 0.408 e. The van der Waals surface area contributed by atoms with Gasteiger partial charge in [0.05, 0.1) is 12.5 Å². The van der Waals surface area contributed by atoms with E-state index in [0.717, 1.165) is 5.56 Å². The summed E-state index contributed by atoms with van der Waals surface area (Å²) in [5.74, 6) is -0.232. The summed E-state index contributed by atoms with van der Waals surface area (Å²) in [5, 5.41) is 2.81. The number of alkyl carbamates (subject to hydrolysis) is 1. The Morgan fingerprint density at radius 2 is 2.00 bits per heavy atom. The number of esters is 1. The van der Waals surface area contributed by atoms with Crippen molar-refractivity contribution in [2.24, 2.45) is 0 Å². The van der Waals surface area contributed by atoms with Gasteiger partial charge < -0.3 is 14.8 Å². The van der Waals surface area contributed by atoms with E-state index in [-0.39, 0.29) is 18.1 Å². The van der Waals surface area contributed by atoms with E-state index >= 15 is 0 Å². The summed E-state index contributed by atoms with van der Waals surface area (Å²) in [5.41, 5.74) is 0.513. The van der Waals surface area contributed by atoms with Crippen molar-refractivity contribution in [2.75, 3.05) is 0 Å². The molecule has 5 heteroatoms. The second-order valence-corrected chi connectivity index (χ2v) is 6.17. The fraction of sp³-hybridized carbons (Fsp3) is 0.500. The molecule has 0 aliphatic carbocycles. The lowest BCUT2D eigenvalue weighted by molar-refractivity contribution is -0.172. The molecule has 1 amide bonds. The largest absolute Gasteiger partial charge is 0.459 e. The maximum atomic E-state index is 11.9. The van der Waals surface area contributed by atoms with Crippen LogP contribution in [0.3, 0.4) is 0 Å². The summed E-state index contributed by atoms with van der Waals surface area (Å²) in [6.45, 7) is 5.42. The minimum absolute atomic E-state index is 0.232. The quantitative estimate of drug-likeness (QED) is 0.865. The zero-order valence-electron chi connectivity index (χ0n) is 12.6. The van der Waals surface area contributed by atoms with Crippen LogP contribution in [0.2, 0.25) is 0 Å². The van der Waals surface area contributed by atoms with Gasteiger partial charge in [0.15, 0.2) is 0 Å². The van der Waals surface area contributed by atoms with E-state index < -0.39 is 11.7 Å². The van der Waals surface area contributed by atoms with E-state index in [1.54, 1.807) is 0 Å². The standard InChI is InChI=1S/C16H21NO4/c1-16(2,3)21-15(19)17-12(13-10-14(18)20-13)9-11-7-5-4-6-8-11/h4-8,12-13H,9-10H2,1-3H3,(H,17,19)/t12-,13-/m0/s1. The molecule has 1 saturated heterocycles. The Labute approximate surface area is 124 Å². The predicted molar refractivity (Wildman–Crippen MR) is 77.8 cm³/mol. The van der Waals surface area contributed by atoms with Gasteiger partial charge in [0.25, 0.3) is 0 Å². The van der Waals surface area contributed by atoms with E-state index in [0.29, 0.717) is 12.8 Å². The Hall–Kier alpha value is -2.04. The Balaban J connectivity index is 1.99. The van der Waals surface area contributed by atoms with Crippen LogP contribution >= 0.6 is 0 Å². The lowest BCUT2D eigenvalue weighted by Gasteiger charge is -2.34. The summed E-state index contributed by atoms with van der Waals surface area (Å²) in [6, 6.07) is 9.48. The van der Waals surface area contributed by atoms with Crippen LogP contribution in [0.25, 0.3) is 0 Å². The van der Waals surface area contributed by atoms with Crippen LogP contribution in [0.1, 0.15) is 32.8 Å². The summed E-state index contributed by atoms with van der Waals surface area (Å²) >= 11 is 0. The molecule has 1 heterocycles. The van der Waals surface area contributed by atoms with Gasteiger partial charge in [-0.2, -0.15) is 0 Å². The lowest BCUT2D eigenvalue weighted by atomic mass is 9.96.